The number of Topliss-reactive ketones (excluding diaryl/α,β-unsaturated/α-hetero) is 1. The number of amides is 1. The summed E-state index contributed by atoms with van der Waals surface area (Å²) in [4.78, 5) is 22.6. The summed E-state index contributed by atoms with van der Waals surface area (Å²) in [6.45, 7) is 11.7. The van der Waals surface area contributed by atoms with Gasteiger partial charge in [-0.3, -0.25) is 9.59 Å². The van der Waals surface area contributed by atoms with E-state index < -0.39 is 0 Å². The molecule has 9 nitrogen and oxygen atoms in total. The van der Waals surface area contributed by atoms with Gasteiger partial charge in [0.25, 0.3) is 0 Å². The molecule has 30 heavy (non-hydrogen) atoms. The van der Waals surface area contributed by atoms with Crippen LogP contribution in [0.3, 0.4) is 0 Å². The molecule has 0 aromatic carbocycles. The van der Waals surface area contributed by atoms with Gasteiger partial charge in [0.05, 0.1) is 72.7 Å². The first-order valence-corrected chi connectivity index (χ1v) is 10.9. The molecular formula is C21H41NO8. The number of carbonyl (C=O) groups is 2. The van der Waals surface area contributed by atoms with E-state index in [1.165, 1.54) is 0 Å². The van der Waals surface area contributed by atoms with Gasteiger partial charge in [0.2, 0.25) is 5.91 Å². The van der Waals surface area contributed by atoms with Crippen molar-refractivity contribution >= 4 is 11.7 Å². The van der Waals surface area contributed by atoms with Crippen molar-refractivity contribution in [2.45, 2.75) is 33.6 Å². The summed E-state index contributed by atoms with van der Waals surface area (Å²) in [5, 5.41) is 2.83. The fourth-order valence-electron chi connectivity index (χ4n) is 1.99. The molecule has 9 heteroatoms. The van der Waals surface area contributed by atoms with E-state index in [4.69, 9.17) is 28.4 Å². The summed E-state index contributed by atoms with van der Waals surface area (Å²) in [5.74, 6) is 0.203. The van der Waals surface area contributed by atoms with Crippen LogP contribution >= 0.6 is 0 Å². The van der Waals surface area contributed by atoms with E-state index in [1.54, 1.807) is 0 Å². The molecule has 178 valence electrons. The second-order valence-electron chi connectivity index (χ2n) is 6.61. The van der Waals surface area contributed by atoms with E-state index in [0.29, 0.717) is 85.6 Å². The highest BCUT2D eigenvalue weighted by molar-refractivity contribution is 5.79. The molecule has 0 saturated heterocycles. The largest absolute Gasteiger partial charge is 0.377 e. The van der Waals surface area contributed by atoms with E-state index in [2.05, 4.69) is 5.32 Å². The maximum Gasteiger partial charge on any atom is 0.222 e. The van der Waals surface area contributed by atoms with Crippen molar-refractivity contribution in [1.82, 2.24) is 5.32 Å². The molecule has 0 aromatic heterocycles. The van der Waals surface area contributed by atoms with Gasteiger partial charge in [0.1, 0.15) is 6.61 Å². The molecule has 1 atom stereocenters. The van der Waals surface area contributed by atoms with E-state index in [9.17, 15) is 9.59 Å². The Bertz CT molecular complexity index is 408. The first-order valence-electron chi connectivity index (χ1n) is 10.9. The first kappa shape index (κ1) is 28.9. The average molecular weight is 436 g/mol. The Kier molecular flexibility index (Phi) is 21.8. The zero-order valence-corrected chi connectivity index (χ0v) is 18.9. The van der Waals surface area contributed by atoms with Gasteiger partial charge in [-0.2, -0.15) is 0 Å². The Hall–Kier alpha value is -1.10. The SMILES string of the molecule is CCC(=O)COCCOCCOCCOCCOCCOCCNC(=O)C(C)CC. The summed E-state index contributed by atoms with van der Waals surface area (Å²) in [5.41, 5.74) is 0. The second-order valence-corrected chi connectivity index (χ2v) is 6.61. The molecule has 0 bridgehead atoms. The second kappa shape index (κ2) is 22.6. The van der Waals surface area contributed by atoms with Crippen LogP contribution in [0, 0.1) is 5.92 Å². The molecule has 0 aliphatic carbocycles. The highest BCUT2D eigenvalue weighted by atomic mass is 16.6. The smallest absolute Gasteiger partial charge is 0.222 e. The predicted octanol–water partition coefficient (Wildman–Crippen LogP) is 1.23. The highest BCUT2D eigenvalue weighted by Crippen LogP contribution is 1.98. The van der Waals surface area contributed by atoms with Crippen LogP contribution in [-0.4, -0.2) is 97.5 Å². The zero-order valence-electron chi connectivity index (χ0n) is 18.9. The van der Waals surface area contributed by atoms with Gasteiger partial charge in [-0.15, -0.1) is 0 Å². The standard InChI is InChI=1S/C21H41NO8/c1-4-19(3)21(24)22-6-7-25-8-9-26-10-11-27-12-13-28-14-15-29-16-17-30-18-20(23)5-2/h19H,4-18H2,1-3H3,(H,22,24). The van der Waals surface area contributed by atoms with E-state index in [0.717, 1.165) is 6.42 Å². The third-order valence-electron chi connectivity index (χ3n) is 4.12. The summed E-state index contributed by atoms with van der Waals surface area (Å²) < 4.78 is 32.1. The summed E-state index contributed by atoms with van der Waals surface area (Å²) in [7, 11) is 0. The lowest BCUT2D eigenvalue weighted by molar-refractivity contribution is -0.125. The molecule has 1 unspecified atom stereocenters. The van der Waals surface area contributed by atoms with Crippen molar-refractivity contribution in [3.8, 4) is 0 Å². The molecule has 0 aromatic rings. The molecular weight excluding hydrogens is 394 g/mol. The molecule has 0 aliphatic rings. The monoisotopic (exact) mass is 435 g/mol. The van der Waals surface area contributed by atoms with Gasteiger partial charge >= 0.3 is 0 Å². The van der Waals surface area contributed by atoms with Gasteiger partial charge in [-0.1, -0.05) is 20.8 Å². The van der Waals surface area contributed by atoms with E-state index in [1.807, 2.05) is 20.8 Å². The number of hydrogen-bond acceptors (Lipinski definition) is 8. The summed E-state index contributed by atoms with van der Waals surface area (Å²) in [6.07, 6.45) is 1.33. The van der Waals surface area contributed by atoms with Crippen molar-refractivity contribution in [2.24, 2.45) is 5.92 Å². The van der Waals surface area contributed by atoms with Gasteiger partial charge in [0, 0.05) is 18.9 Å². The molecule has 0 fully saturated rings. The fourth-order valence-corrected chi connectivity index (χ4v) is 1.99. The van der Waals surface area contributed by atoms with Crippen molar-refractivity contribution in [3.63, 3.8) is 0 Å². The summed E-state index contributed by atoms with van der Waals surface area (Å²) >= 11 is 0. The first-order chi connectivity index (χ1) is 14.6. The minimum Gasteiger partial charge on any atom is -0.377 e. The molecule has 0 heterocycles. The number of hydrogen-bond donors (Lipinski definition) is 1. The highest BCUT2D eigenvalue weighted by Gasteiger charge is 2.08. The number of ether oxygens (including phenoxy) is 6. The van der Waals surface area contributed by atoms with Crippen LogP contribution in [0.4, 0.5) is 0 Å². The normalized spacial score (nSPS) is 12.1. The maximum atomic E-state index is 11.5. The van der Waals surface area contributed by atoms with Gasteiger partial charge in [-0.05, 0) is 6.42 Å². The molecule has 0 aliphatic heterocycles. The van der Waals surface area contributed by atoms with Crippen LogP contribution < -0.4 is 5.32 Å². The van der Waals surface area contributed by atoms with Crippen LogP contribution in [0.1, 0.15) is 33.6 Å². The van der Waals surface area contributed by atoms with Gasteiger partial charge in [-0.25, -0.2) is 0 Å². The third kappa shape index (κ3) is 20.2. The minimum absolute atomic E-state index is 0.0429. The zero-order chi connectivity index (χ0) is 22.3. The number of carbonyl (C=O) groups excluding carboxylic acids is 2. The number of nitrogens with one attached hydrogen (secondary N) is 1. The number of rotatable bonds is 23. The Labute approximate surface area is 181 Å². The number of ketones is 1. The van der Waals surface area contributed by atoms with Crippen LogP contribution in [0.5, 0.6) is 0 Å². The minimum atomic E-state index is 0.0429. The third-order valence-corrected chi connectivity index (χ3v) is 4.12. The fraction of sp³-hybridized carbons (Fsp3) is 0.905. The van der Waals surface area contributed by atoms with Crippen LogP contribution in [0.15, 0.2) is 0 Å². The molecule has 1 amide bonds. The Balaban J connectivity index is 3.11. The molecule has 0 radical (unpaired) electrons. The van der Waals surface area contributed by atoms with Gasteiger partial charge < -0.3 is 33.7 Å². The average Bonchev–Trinajstić information content (AvgIpc) is 2.76. The molecule has 0 spiro atoms. The topological polar surface area (TPSA) is 102 Å². The predicted molar refractivity (Wildman–Crippen MR) is 113 cm³/mol. The lowest BCUT2D eigenvalue weighted by Crippen LogP contribution is -2.31. The maximum absolute atomic E-state index is 11.5. The Morgan fingerprint density at radius 3 is 1.47 bits per heavy atom. The van der Waals surface area contributed by atoms with Crippen molar-refractivity contribution in [1.29, 1.82) is 0 Å². The van der Waals surface area contributed by atoms with Crippen LogP contribution in [0.25, 0.3) is 0 Å². The molecule has 0 saturated carbocycles. The lowest BCUT2D eigenvalue weighted by atomic mass is 10.1. The van der Waals surface area contributed by atoms with Crippen LogP contribution in [0.2, 0.25) is 0 Å². The summed E-state index contributed by atoms with van der Waals surface area (Å²) in [6, 6.07) is 0. The molecule has 1 N–H and O–H groups in total. The Morgan fingerprint density at radius 2 is 1.07 bits per heavy atom. The lowest BCUT2D eigenvalue weighted by Gasteiger charge is -2.10. The van der Waals surface area contributed by atoms with E-state index in [-0.39, 0.29) is 24.2 Å². The van der Waals surface area contributed by atoms with Crippen molar-refractivity contribution < 1.29 is 38.0 Å². The molecule has 0 rings (SSSR count). The Morgan fingerprint density at radius 1 is 0.667 bits per heavy atom. The van der Waals surface area contributed by atoms with Gasteiger partial charge in [0.15, 0.2) is 5.78 Å². The van der Waals surface area contributed by atoms with Crippen molar-refractivity contribution in [3.05, 3.63) is 0 Å². The van der Waals surface area contributed by atoms with Crippen molar-refractivity contribution in [2.75, 3.05) is 85.8 Å². The van der Waals surface area contributed by atoms with Crippen LogP contribution in [-0.2, 0) is 38.0 Å². The quantitative estimate of drug-likeness (QED) is 0.239. The van der Waals surface area contributed by atoms with E-state index >= 15 is 0 Å².